The SMILES string of the molecule is CS(=O)(=O)c1cc(F)c(-c2cc(N)n[nH]2)cc1F. The number of halogens is 2. The summed E-state index contributed by atoms with van der Waals surface area (Å²) in [4.78, 5) is -0.684. The highest BCUT2D eigenvalue weighted by atomic mass is 32.2. The molecule has 0 saturated carbocycles. The lowest BCUT2D eigenvalue weighted by atomic mass is 10.1. The highest BCUT2D eigenvalue weighted by Crippen LogP contribution is 2.27. The van der Waals surface area contributed by atoms with Gasteiger partial charge in [0.15, 0.2) is 9.84 Å². The Labute approximate surface area is 102 Å². The van der Waals surface area contributed by atoms with Crippen molar-refractivity contribution in [1.82, 2.24) is 10.2 Å². The summed E-state index contributed by atoms with van der Waals surface area (Å²) in [5.41, 5.74) is 5.38. The van der Waals surface area contributed by atoms with Crippen LogP contribution in [0, 0.1) is 11.6 Å². The molecule has 0 radical (unpaired) electrons. The van der Waals surface area contributed by atoms with Crippen molar-refractivity contribution in [2.24, 2.45) is 0 Å². The van der Waals surface area contributed by atoms with Crippen molar-refractivity contribution >= 4 is 15.7 Å². The van der Waals surface area contributed by atoms with E-state index in [0.717, 1.165) is 12.3 Å². The molecule has 1 aromatic carbocycles. The van der Waals surface area contributed by atoms with Crippen LogP contribution in [0.4, 0.5) is 14.6 Å². The molecule has 0 aliphatic rings. The van der Waals surface area contributed by atoms with Crippen molar-refractivity contribution in [2.75, 3.05) is 12.0 Å². The van der Waals surface area contributed by atoms with Crippen molar-refractivity contribution < 1.29 is 17.2 Å². The fourth-order valence-corrected chi connectivity index (χ4v) is 2.23. The molecule has 3 N–H and O–H groups in total. The van der Waals surface area contributed by atoms with Gasteiger partial charge in [0, 0.05) is 17.9 Å². The minimum absolute atomic E-state index is 0.122. The molecule has 0 atom stereocenters. The quantitative estimate of drug-likeness (QED) is 0.864. The van der Waals surface area contributed by atoms with Crippen molar-refractivity contribution in [2.45, 2.75) is 4.90 Å². The second-order valence-electron chi connectivity index (χ2n) is 3.74. The maximum absolute atomic E-state index is 13.7. The van der Waals surface area contributed by atoms with Gasteiger partial charge >= 0.3 is 0 Å². The molecule has 1 heterocycles. The molecular weight excluding hydrogens is 264 g/mol. The number of H-pyrrole nitrogens is 1. The van der Waals surface area contributed by atoms with Gasteiger partial charge in [-0.15, -0.1) is 0 Å². The van der Waals surface area contributed by atoms with E-state index in [9.17, 15) is 17.2 Å². The van der Waals surface area contributed by atoms with Crippen LogP contribution in [0.2, 0.25) is 0 Å². The van der Waals surface area contributed by atoms with Crippen LogP contribution in [-0.4, -0.2) is 24.9 Å². The number of aromatic amines is 1. The first kappa shape index (κ1) is 12.5. The molecule has 0 fully saturated rings. The highest BCUT2D eigenvalue weighted by molar-refractivity contribution is 7.90. The average Bonchev–Trinajstić information content (AvgIpc) is 2.66. The van der Waals surface area contributed by atoms with E-state index in [4.69, 9.17) is 5.73 Å². The van der Waals surface area contributed by atoms with Gasteiger partial charge in [-0.1, -0.05) is 0 Å². The Morgan fingerprint density at radius 3 is 2.39 bits per heavy atom. The minimum atomic E-state index is -3.82. The number of hydrogen-bond acceptors (Lipinski definition) is 4. The lowest BCUT2D eigenvalue weighted by molar-refractivity contribution is 0.557. The number of aromatic nitrogens is 2. The number of rotatable bonds is 2. The third-order valence-corrected chi connectivity index (χ3v) is 3.42. The standard InChI is InChI=1S/C10H9F2N3O2S/c1-18(16,17)9-3-6(11)5(2-7(9)12)8-4-10(13)15-14-8/h2-4H,1H3,(H3,13,14,15). The second kappa shape index (κ2) is 4.05. The minimum Gasteiger partial charge on any atom is -0.382 e. The third kappa shape index (κ3) is 2.19. The topological polar surface area (TPSA) is 88.8 Å². The van der Waals surface area contributed by atoms with E-state index in [1.54, 1.807) is 0 Å². The molecule has 8 heteroatoms. The molecule has 0 amide bonds. The first-order valence-corrected chi connectivity index (χ1v) is 6.68. The predicted octanol–water partition coefficient (Wildman–Crippen LogP) is 1.34. The van der Waals surface area contributed by atoms with Gasteiger partial charge in [-0.05, 0) is 12.1 Å². The van der Waals surface area contributed by atoms with Gasteiger partial charge in [0.2, 0.25) is 0 Å². The Morgan fingerprint density at radius 1 is 1.22 bits per heavy atom. The molecule has 1 aromatic heterocycles. The van der Waals surface area contributed by atoms with Crippen molar-refractivity contribution in [1.29, 1.82) is 0 Å². The molecule has 0 bridgehead atoms. The van der Waals surface area contributed by atoms with Crippen molar-refractivity contribution in [3.8, 4) is 11.3 Å². The Balaban J connectivity index is 2.64. The van der Waals surface area contributed by atoms with Gasteiger partial charge in [0.05, 0.1) is 5.69 Å². The summed E-state index contributed by atoms with van der Waals surface area (Å²) in [6, 6.07) is 2.74. The Hall–Kier alpha value is -1.96. The predicted molar refractivity (Wildman–Crippen MR) is 61.5 cm³/mol. The molecular formula is C10H9F2N3O2S. The first-order chi connectivity index (χ1) is 8.29. The van der Waals surface area contributed by atoms with Gasteiger partial charge in [-0.3, -0.25) is 5.10 Å². The zero-order chi connectivity index (χ0) is 13.5. The molecule has 2 aromatic rings. The molecule has 0 saturated heterocycles. The molecule has 5 nitrogen and oxygen atoms in total. The normalized spacial score (nSPS) is 11.7. The summed E-state index contributed by atoms with van der Waals surface area (Å²) in [5, 5.41) is 6.00. The molecule has 0 aliphatic carbocycles. The van der Waals surface area contributed by atoms with E-state index in [2.05, 4.69) is 10.2 Å². The summed E-state index contributed by atoms with van der Waals surface area (Å²) < 4.78 is 49.8. The monoisotopic (exact) mass is 273 g/mol. The van der Waals surface area contributed by atoms with Crippen LogP contribution in [0.15, 0.2) is 23.1 Å². The molecule has 0 spiro atoms. The first-order valence-electron chi connectivity index (χ1n) is 4.79. The lowest BCUT2D eigenvalue weighted by Crippen LogP contribution is -2.02. The van der Waals surface area contributed by atoms with E-state index in [1.165, 1.54) is 6.07 Å². The molecule has 2 rings (SSSR count). The van der Waals surface area contributed by atoms with E-state index in [0.29, 0.717) is 6.07 Å². The largest absolute Gasteiger partial charge is 0.382 e. The van der Waals surface area contributed by atoms with Crippen LogP contribution in [0.5, 0.6) is 0 Å². The summed E-state index contributed by atoms with van der Waals surface area (Å²) >= 11 is 0. The van der Waals surface area contributed by atoms with Gasteiger partial charge in [0.25, 0.3) is 0 Å². The number of anilines is 1. The van der Waals surface area contributed by atoms with Crippen LogP contribution in [0.1, 0.15) is 0 Å². The van der Waals surface area contributed by atoms with Crippen LogP contribution in [0.25, 0.3) is 11.3 Å². The van der Waals surface area contributed by atoms with Crippen LogP contribution in [-0.2, 0) is 9.84 Å². The molecule has 0 aliphatic heterocycles. The Kier molecular flexibility index (Phi) is 2.81. The highest BCUT2D eigenvalue weighted by Gasteiger charge is 2.19. The van der Waals surface area contributed by atoms with Gasteiger partial charge in [-0.2, -0.15) is 5.10 Å². The molecule has 18 heavy (non-hydrogen) atoms. The Bertz CT molecular complexity index is 710. The number of nitrogens with one attached hydrogen (secondary N) is 1. The lowest BCUT2D eigenvalue weighted by Gasteiger charge is -2.05. The van der Waals surface area contributed by atoms with Crippen molar-refractivity contribution in [3.63, 3.8) is 0 Å². The fraction of sp³-hybridized carbons (Fsp3) is 0.100. The second-order valence-corrected chi connectivity index (χ2v) is 5.73. The Morgan fingerprint density at radius 2 is 1.89 bits per heavy atom. The zero-order valence-corrected chi connectivity index (χ0v) is 10.1. The summed E-state index contributed by atoms with van der Waals surface area (Å²) in [6.45, 7) is 0. The number of sulfone groups is 1. The van der Waals surface area contributed by atoms with E-state index >= 15 is 0 Å². The van der Waals surface area contributed by atoms with Gasteiger partial charge < -0.3 is 5.73 Å². The van der Waals surface area contributed by atoms with Crippen LogP contribution < -0.4 is 5.73 Å². The van der Waals surface area contributed by atoms with E-state index in [1.807, 2.05) is 0 Å². The average molecular weight is 273 g/mol. The maximum atomic E-state index is 13.7. The molecule has 96 valence electrons. The number of nitrogen functional groups attached to an aromatic ring is 1. The fourth-order valence-electron chi connectivity index (χ4n) is 1.49. The van der Waals surface area contributed by atoms with E-state index < -0.39 is 26.4 Å². The zero-order valence-electron chi connectivity index (χ0n) is 9.24. The smallest absolute Gasteiger partial charge is 0.178 e. The number of hydrogen-bond donors (Lipinski definition) is 2. The molecule has 0 unspecified atom stereocenters. The van der Waals surface area contributed by atoms with Gasteiger partial charge in [0.1, 0.15) is 22.3 Å². The number of nitrogens with two attached hydrogens (primary N) is 1. The van der Waals surface area contributed by atoms with E-state index in [-0.39, 0.29) is 17.1 Å². The van der Waals surface area contributed by atoms with Crippen LogP contribution >= 0.6 is 0 Å². The summed E-state index contributed by atoms with van der Waals surface area (Å²) in [5.74, 6) is -1.78. The summed E-state index contributed by atoms with van der Waals surface area (Å²) in [7, 11) is -3.82. The number of nitrogens with zero attached hydrogens (tertiary/aromatic N) is 1. The third-order valence-electron chi connectivity index (χ3n) is 2.31. The maximum Gasteiger partial charge on any atom is 0.178 e. The number of benzene rings is 1. The van der Waals surface area contributed by atoms with Gasteiger partial charge in [-0.25, -0.2) is 17.2 Å². The van der Waals surface area contributed by atoms with Crippen molar-refractivity contribution in [3.05, 3.63) is 29.8 Å². The van der Waals surface area contributed by atoms with Crippen LogP contribution in [0.3, 0.4) is 0 Å². The summed E-state index contributed by atoms with van der Waals surface area (Å²) in [6.07, 6.45) is 0.804.